The number of imidazole rings is 1. The number of carbonyl (C=O) groups is 2. The van der Waals surface area contributed by atoms with Gasteiger partial charge in [0.05, 0.1) is 24.6 Å². The van der Waals surface area contributed by atoms with Crippen molar-refractivity contribution in [2.75, 3.05) is 7.11 Å². The predicted octanol–water partition coefficient (Wildman–Crippen LogP) is 1.48. The molecule has 1 aromatic heterocycles. The molecule has 1 aromatic carbocycles. The highest BCUT2D eigenvalue weighted by Crippen LogP contribution is 2.23. The number of hydrogen-bond acceptors (Lipinski definition) is 7. The van der Waals surface area contributed by atoms with E-state index in [4.69, 9.17) is 0 Å². The first-order valence-electron chi connectivity index (χ1n) is 7.14. The van der Waals surface area contributed by atoms with Crippen LogP contribution in [0.3, 0.4) is 0 Å². The van der Waals surface area contributed by atoms with E-state index in [1.165, 1.54) is 7.11 Å². The molecule has 1 N–H and O–H groups in total. The third-order valence-electron chi connectivity index (χ3n) is 3.15. The van der Waals surface area contributed by atoms with Crippen molar-refractivity contribution in [1.82, 2.24) is 14.9 Å². The number of esters is 1. The van der Waals surface area contributed by atoms with E-state index < -0.39 is 11.9 Å². The first-order valence-corrected chi connectivity index (χ1v) is 7.95. The third kappa shape index (κ3) is 4.21. The highest BCUT2D eigenvalue weighted by atomic mass is 32.2. The van der Waals surface area contributed by atoms with Gasteiger partial charge in [0, 0.05) is 24.2 Å². The number of ether oxygens (including phenoxy) is 1. The molecule has 1 saturated heterocycles. The zero-order valence-electron chi connectivity index (χ0n) is 13.1. The maximum Gasteiger partial charge on any atom is 0.331 e. The van der Waals surface area contributed by atoms with Gasteiger partial charge in [-0.15, -0.1) is 5.10 Å². The van der Waals surface area contributed by atoms with Gasteiger partial charge in [-0.05, 0) is 29.5 Å². The third-order valence-corrected chi connectivity index (χ3v) is 4.05. The second-order valence-corrected chi connectivity index (χ2v) is 5.83. The Hall–Kier alpha value is -3.20. The van der Waals surface area contributed by atoms with Gasteiger partial charge >= 0.3 is 5.97 Å². The lowest BCUT2D eigenvalue weighted by Crippen LogP contribution is -2.19. The predicted molar refractivity (Wildman–Crippen MR) is 94.4 cm³/mol. The number of nitrogens with zero attached hydrogens (tertiary/aromatic N) is 4. The maximum absolute atomic E-state index is 11.7. The Bertz CT molecular complexity index is 870. The van der Waals surface area contributed by atoms with Gasteiger partial charge in [0.1, 0.15) is 0 Å². The summed E-state index contributed by atoms with van der Waals surface area (Å²) < 4.78 is 6.38. The summed E-state index contributed by atoms with van der Waals surface area (Å²) in [7, 11) is 1.24. The van der Waals surface area contributed by atoms with Gasteiger partial charge in [-0.2, -0.15) is 5.10 Å². The van der Waals surface area contributed by atoms with E-state index in [0.29, 0.717) is 5.17 Å². The van der Waals surface area contributed by atoms with Crippen molar-refractivity contribution in [3.8, 4) is 5.69 Å². The second-order valence-electron chi connectivity index (χ2n) is 4.80. The smallest absolute Gasteiger partial charge is 0.331 e. The molecule has 9 heteroatoms. The van der Waals surface area contributed by atoms with Gasteiger partial charge in [-0.1, -0.05) is 12.1 Å². The molecule has 0 atom stereocenters. The van der Waals surface area contributed by atoms with E-state index in [1.807, 2.05) is 35.0 Å². The van der Waals surface area contributed by atoms with E-state index in [-0.39, 0.29) is 4.91 Å². The lowest BCUT2D eigenvalue weighted by atomic mass is 10.2. The van der Waals surface area contributed by atoms with Gasteiger partial charge < -0.3 is 9.30 Å². The average molecular weight is 355 g/mol. The maximum atomic E-state index is 11.7. The number of amidine groups is 1. The minimum Gasteiger partial charge on any atom is -0.466 e. The summed E-state index contributed by atoms with van der Waals surface area (Å²) in [5.74, 6) is -1.01. The number of hydrogen-bond donors (Lipinski definition) is 1. The fourth-order valence-electron chi connectivity index (χ4n) is 1.93. The van der Waals surface area contributed by atoms with Crippen molar-refractivity contribution in [2.24, 2.45) is 10.2 Å². The topological polar surface area (TPSA) is 97.9 Å². The lowest BCUT2D eigenvalue weighted by molar-refractivity contribution is -0.135. The molecule has 0 saturated carbocycles. The van der Waals surface area contributed by atoms with E-state index in [0.717, 1.165) is 29.1 Å². The summed E-state index contributed by atoms with van der Waals surface area (Å²) in [4.78, 5) is 27.0. The Labute approximate surface area is 147 Å². The molecule has 126 valence electrons. The Morgan fingerprint density at radius 3 is 2.84 bits per heavy atom. The fourth-order valence-corrected chi connectivity index (χ4v) is 2.67. The molecule has 1 amide bonds. The molecular weight excluding hydrogens is 342 g/mol. The first-order chi connectivity index (χ1) is 12.2. The molecular formula is C16H13N5O3S. The minimum absolute atomic E-state index is 0.213. The van der Waals surface area contributed by atoms with E-state index in [1.54, 1.807) is 18.7 Å². The van der Waals surface area contributed by atoms with Crippen molar-refractivity contribution >= 4 is 35.0 Å². The van der Waals surface area contributed by atoms with Crippen molar-refractivity contribution < 1.29 is 14.3 Å². The molecule has 1 fully saturated rings. The van der Waals surface area contributed by atoms with Crippen molar-refractivity contribution in [3.05, 3.63) is 59.5 Å². The van der Waals surface area contributed by atoms with Gasteiger partial charge in [0.2, 0.25) is 0 Å². The molecule has 0 radical (unpaired) electrons. The van der Waals surface area contributed by atoms with Crippen LogP contribution in [-0.4, -0.2) is 39.9 Å². The molecule has 2 heterocycles. The van der Waals surface area contributed by atoms with Crippen molar-refractivity contribution in [3.63, 3.8) is 0 Å². The molecule has 0 bridgehead atoms. The number of thioether (sulfide) groups is 1. The normalized spacial score (nSPS) is 17.4. The first kappa shape index (κ1) is 16.7. The lowest BCUT2D eigenvalue weighted by Gasteiger charge is -2.01. The molecule has 3 rings (SSSR count). The van der Waals surface area contributed by atoms with E-state index in [2.05, 4.69) is 25.2 Å². The van der Waals surface area contributed by atoms with Crippen molar-refractivity contribution in [2.45, 2.75) is 0 Å². The summed E-state index contributed by atoms with van der Waals surface area (Å²) in [6.45, 7) is 0. The summed E-state index contributed by atoms with van der Waals surface area (Å²) in [6, 6.07) is 7.64. The molecule has 25 heavy (non-hydrogen) atoms. The second kappa shape index (κ2) is 7.58. The van der Waals surface area contributed by atoms with Gasteiger partial charge in [0.25, 0.3) is 5.91 Å². The summed E-state index contributed by atoms with van der Waals surface area (Å²) in [6.07, 6.45) is 7.96. The van der Waals surface area contributed by atoms with Crippen LogP contribution < -0.4 is 5.32 Å². The number of aromatic nitrogens is 2. The SMILES string of the molecule is COC(=O)/C=C1/S/C(=N\N=Cc2ccc(-n3ccnc3)cc2)NC1=O. The molecule has 8 nitrogen and oxygen atoms in total. The van der Waals surface area contributed by atoms with Gasteiger partial charge in [-0.25, -0.2) is 9.78 Å². The molecule has 0 unspecified atom stereocenters. The molecule has 0 aliphatic carbocycles. The summed E-state index contributed by atoms with van der Waals surface area (Å²) in [5, 5.41) is 10.7. The van der Waals surface area contributed by atoms with Gasteiger partial charge in [-0.3, -0.25) is 10.1 Å². The number of methoxy groups -OCH3 is 1. The Morgan fingerprint density at radius 1 is 1.36 bits per heavy atom. The Balaban J connectivity index is 1.65. The zero-order valence-corrected chi connectivity index (χ0v) is 13.9. The number of rotatable bonds is 4. The summed E-state index contributed by atoms with van der Waals surface area (Å²) >= 11 is 1.02. The highest BCUT2D eigenvalue weighted by molar-refractivity contribution is 8.18. The number of benzene rings is 1. The standard InChI is InChI=1S/C16H13N5O3S/c1-24-14(22)8-13-15(23)19-16(25-13)20-18-9-11-2-4-12(5-3-11)21-7-6-17-10-21/h2-10H,1H3,(H,19,20,23)/b13-8+,18-9?. The van der Waals surface area contributed by atoms with E-state index in [9.17, 15) is 9.59 Å². The monoisotopic (exact) mass is 355 g/mol. The van der Waals surface area contributed by atoms with Crippen LogP contribution in [0.5, 0.6) is 0 Å². The zero-order chi connectivity index (χ0) is 17.6. The van der Waals surface area contributed by atoms with E-state index >= 15 is 0 Å². The molecule has 2 aromatic rings. The number of amides is 1. The largest absolute Gasteiger partial charge is 0.466 e. The average Bonchev–Trinajstić information content (AvgIpc) is 3.26. The van der Waals surface area contributed by atoms with Crippen LogP contribution in [0.1, 0.15) is 5.56 Å². The summed E-state index contributed by atoms with van der Waals surface area (Å²) in [5.41, 5.74) is 1.84. The molecule has 1 aliphatic heterocycles. The highest BCUT2D eigenvalue weighted by Gasteiger charge is 2.24. The number of carbonyl (C=O) groups excluding carboxylic acids is 2. The van der Waals surface area contributed by atoms with Crippen LogP contribution in [0.2, 0.25) is 0 Å². The van der Waals surface area contributed by atoms with Crippen LogP contribution in [0, 0.1) is 0 Å². The minimum atomic E-state index is -0.597. The van der Waals surface area contributed by atoms with Crippen LogP contribution in [-0.2, 0) is 14.3 Å². The van der Waals surface area contributed by atoms with Crippen LogP contribution in [0.15, 0.2) is 64.2 Å². The Kier molecular flexibility index (Phi) is 5.05. The number of nitrogens with one attached hydrogen (secondary N) is 1. The van der Waals surface area contributed by atoms with Gasteiger partial charge in [0.15, 0.2) is 5.17 Å². The van der Waals surface area contributed by atoms with Crippen molar-refractivity contribution in [1.29, 1.82) is 0 Å². The quantitative estimate of drug-likeness (QED) is 0.388. The molecule has 0 spiro atoms. The van der Waals surface area contributed by atoms with Crippen LogP contribution in [0.25, 0.3) is 5.69 Å². The van der Waals surface area contributed by atoms with Crippen LogP contribution >= 0.6 is 11.8 Å². The molecule has 1 aliphatic rings. The Morgan fingerprint density at radius 2 is 2.16 bits per heavy atom. The fraction of sp³-hybridized carbons (Fsp3) is 0.0625. The van der Waals surface area contributed by atoms with Crippen LogP contribution in [0.4, 0.5) is 0 Å².